The van der Waals surface area contributed by atoms with Gasteiger partial charge in [-0.05, 0) is 12.1 Å². The van der Waals surface area contributed by atoms with Crippen molar-refractivity contribution in [3.05, 3.63) is 40.5 Å². The molecular formula is C17H20ClN3O3. The third-order valence-corrected chi connectivity index (χ3v) is 4.31. The Hall–Kier alpha value is -1.89. The van der Waals surface area contributed by atoms with Crippen LogP contribution in [0.2, 0.25) is 5.02 Å². The van der Waals surface area contributed by atoms with Crippen LogP contribution < -0.4 is 0 Å². The molecular weight excluding hydrogens is 330 g/mol. The minimum Gasteiger partial charge on any atom is -0.382 e. The summed E-state index contributed by atoms with van der Waals surface area (Å²) in [4.78, 5) is 14.1. The first kappa shape index (κ1) is 17.0. The molecule has 1 aliphatic heterocycles. The molecule has 128 valence electrons. The molecule has 1 aliphatic rings. The fraction of sp³-hybridized carbons (Fsp3) is 0.412. The van der Waals surface area contributed by atoms with Crippen molar-refractivity contribution in [2.24, 2.45) is 0 Å². The highest BCUT2D eigenvalue weighted by Crippen LogP contribution is 2.29. The molecule has 1 N–H and O–H groups in total. The molecule has 1 aromatic heterocycles. The average molecular weight is 350 g/mol. The van der Waals surface area contributed by atoms with Gasteiger partial charge in [-0.1, -0.05) is 23.7 Å². The van der Waals surface area contributed by atoms with E-state index < -0.39 is 0 Å². The number of ether oxygens (including phenoxy) is 2. The lowest BCUT2D eigenvalue weighted by Gasteiger charge is -2.27. The summed E-state index contributed by atoms with van der Waals surface area (Å²) in [5.41, 5.74) is 4.01. The van der Waals surface area contributed by atoms with Crippen LogP contribution in [0.4, 0.5) is 0 Å². The highest BCUT2D eigenvalue weighted by Gasteiger charge is 2.25. The van der Waals surface area contributed by atoms with Gasteiger partial charge < -0.3 is 14.4 Å². The van der Waals surface area contributed by atoms with Gasteiger partial charge in [0.15, 0.2) is 0 Å². The Labute approximate surface area is 145 Å². The maximum atomic E-state index is 12.3. The number of aromatic amines is 1. The number of amides is 1. The van der Waals surface area contributed by atoms with E-state index in [4.69, 9.17) is 21.1 Å². The van der Waals surface area contributed by atoms with E-state index in [1.807, 2.05) is 29.2 Å². The van der Waals surface area contributed by atoms with E-state index in [2.05, 4.69) is 10.2 Å². The zero-order chi connectivity index (χ0) is 16.9. The molecule has 1 amide bonds. The van der Waals surface area contributed by atoms with E-state index in [1.165, 1.54) is 0 Å². The van der Waals surface area contributed by atoms with Crippen molar-refractivity contribution in [1.29, 1.82) is 0 Å². The van der Waals surface area contributed by atoms with Crippen molar-refractivity contribution in [1.82, 2.24) is 15.1 Å². The van der Waals surface area contributed by atoms with E-state index in [0.717, 1.165) is 28.9 Å². The summed E-state index contributed by atoms with van der Waals surface area (Å²) in [6.07, 6.45) is 0.764. The van der Waals surface area contributed by atoms with E-state index in [-0.39, 0.29) is 12.5 Å². The van der Waals surface area contributed by atoms with Crippen LogP contribution in [-0.4, -0.2) is 54.5 Å². The Balaban J connectivity index is 1.69. The van der Waals surface area contributed by atoms with Crippen LogP contribution in [0.5, 0.6) is 0 Å². The van der Waals surface area contributed by atoms with Crippen LogP contribution in [0, 0.1) is 0 Å². The number of H-pyrrole nitrogens is 1. The van der Waals surface area contributed by atoms with Gasteiger partial charge in [0.25, 0.3) is 0 Å². The van der Waals surface area contributed by atoms with Gasteiger partial charge in [-0.15, -0.1) is 0 Å². The lowest BCUT2D eigenvalue weighted by molar-refractivity contribution is -0.137. The highest BCUT2D eigenvalue weighted by molar-refractivity contribution is 6.30. The highest BCUT2D eigenvalue weighted by atomic mass is 35.5. The second-order valence-electron chi connectivity index (χ2n) is 5.65. The smallest absolute Gasteiger partial charge is 0.248 e. The first-order valence-corrected chi connectivity index (χ1v) is 8.23. The molecule has 3 rings (SSSR count). The zero-order valence-corrected chi connectivity index (χ0v) is 14.3. The van der Waals surface area contributed by atoms with Crippen molar-refractivity contribution in [3.63, 3.8) is 0 Å². The predicted octanol–water partition coefficient (Wildman–Crippen LogP) is 2.28. The number of benzene rings is 1. The van der Waals surface area contributed by atoms with Gasteiger partial charge in [0.1, 0.15) is 6.61 Å². The molecule has 2 aromatic rings. The van der Waals surface area contributed by atoms with Crippen molar-refractivity contribution in [3.8, 4) is 11.3 Å². The summed E-state index contributed by atoms with van der Waals surface area (Å²) in [6.45, 7) is 2.19. The van der Waals surface area contributed by atoms with E-state index in [0.29, 0.717) is 31.3 Å². The van der Waals surface area contributed by atoms with Crippen LogP contribution in [0.15, 0.2) is 24.3 Å². The summed E-state index contributed by atoms with van der Waals surface area (Å²) in [5, 5.41) is 8.20. The third kappa shape index (κ3) is 3.77. The summed E-state index contributed by atoms with van der Waals surface area (Å²) in [7, 11) is 1.61. The van der Waals surface area contributed by atoms with Gasteiger partial charge in [0, 0.05) is 48.5 Å². The Morgan fingerprint density at radius 2 is 2.12 bits per heavy atom. The van der Waals surface area contributed by atoms with Crippen molar-refractivity contribution < 1.29 is 14.3 Å². The number of methoxy groups -OCH3 is 1. The number of nitrogens with zero attached hydrogens (tertiary/aromatic N) is 2. The van der Waals surface area contributed by atoms with Crippen molar-refractivity contribution in [2.45, 2.75) is 13.0 Å². The lowest BCUT2D eigenvalue weighted by atomic mass is 10.0. The monoisotopic (exact) mass is 349 g/mol. The van der Waals surface area contributed by atoms with Gasteiger partial charge in [0.05, 0.1) is 18.9 Å². The molecule has 2 heterocycles. The van der Waals surface area contributed by atoms with Crippen molar-refractivity contribution >= 4 is 17.5 Å². The molecule has 0 aliphatic carbocycles. The molecule has 1 aromatic carbocycles. The van der Waals surface area contributed by atoms with Gasteiger partial charge in [-0.2, -0.15) is 5.10 Å². The molecule has 24 heavy (non-hydrogen) atoms. The number of rotatable bonds is 6. The number of hydrogen-bond acceptors (Lipinski definition) is 4. The quantitative estimate of drug-likeness (QED) is 0.812. The van der Waals surface area contributed by atoms with Crippen LogP contribution in [-0.2, 0) is 27.2 Å². The lowest BCUT2D eigenvalue weighted by Crippen LogP contribution is -2.38. The van der Waals surface area contributed by atoms with E-state index in [1.54, 1.807) is 7.11 Å². The number of hydrogen-bond donors (Lipinski definition) is 1. The van der Waals surface area contributed by atoms with Crippen LogP contribution in [0.25, 0.3) is 11.3 Å². The van der Waals surface area contributed by atoms with Gasteiger partial charge in [-0.25, -0.2) is 0 Å². The molecule has 0 unspecified atom stereocenters. The van der Waals surface area contributed by atoms with Gasteiger partial charge in [-0.3, -0.25) is 9.89 Å². The molecule has 0 saturated carbocycles. The molecule has 0 fully saturated rings. The van der Waals surface area contributed by atoms with Gasteiger partial charge >= 0.3 is 0 Å². The molecule has 0 saturated heterocycles. The largest absolute Gasteiger partial charge is 0.382 e. The second kappa shape index (κ2) is 7.79. The molecule has 0 radical (unpaired) electrons. The number of carbonyl (C=O) groups is 1. The second-order valence-corrected chi connectivity index (χ2v) is 6.08. The summed E-state index contributed by atoms with van der Waals surface area (Å²) >= 11 is 5.95. The number of halogens is 1. The van der Waals surface area contributed by atoms with Crippen molar-refractivity contribution in [2.75, 3.05) is 33.5 Å². The molecule has 6 nitrogen and oxygen atoms in total. The maximum Gasteiger partial charge on any atom is 0.248 e. The summed E-state index contributed by atoms with van der Waals surface area (Å²) in [5.74, 6) is -0.0139. The average Bonchev–Trinajstić information content (AvgIpc) is 3.02. The molecule has 0 atom stereocenters. The molecule has 7 heteroatoms. The number of carbonyl (C=O) groups excluding carboxylic acids is 1. The fourth-order valence-corrected chi connectivity index (χ4v) is 2.87. The van der Waals surface area contributed by atoms with Gasteiger partial charge in [0.2, 0.25) is 5.91 Å². The predicted molar refractivity (Wildman–Crippen MR) is 90.8 cm³/mol. The topological polar surface area (TPSA) is 67.5 Å². The standard InChI is InChI=1S/C17H20ClN3O3/c1-23-8-9-24-11-16(22)21-7-6-15-14(10-21)17(20-19-15)12-2-4-13(18)5-3-12/h2-5H,6-11H2,1H3,(H,19,20). The van der Waals surface area contributed by atoms with Crippen LogP contribution in [0.1, 0.15) is 11.3 Å². The van der Waals surface area contributed by atoms with Crippen LogP contribution in [0.3, 0.4) is 0 Å². The molecule has 0 bridgehead atoms. The molecule has 0 spiro atoms. The zero-order valence-electron chi connectivity index (χ0n) is 13.5. The summed E-state index contributed by atoms with van der Waals surface area (Å²) in [6, 6.07) is 7.56. The third-order valence-electron chi connectivity index (χ3n) is 4.06. The minimum atomic E-state index is -0.0139. The Morgan fingerprint density at radius 1 is 1.33 bits per heavy atom. The first-order valence-electron chi connectivity index (χ1n) is 7.85. The van der Waals surface area contributed by atoms with Crippen LogP contribution >= 0.6 is 11.6 Å². The Bertz CT molecular complexity index is 700. The number of nitrogens with one attached hydrogen (secondary N) is 1. The summed E-state index contributed by atoms with van der Waals surface area (Å²) < 4.78 is 10.2. The fourth-order valence-electron chi connectivity index (χ4n) is 2.75. The SMILES string of the molecule is COCCOCC(=O)N1CCc2[nH]nc(-c3ccc(Cl)cc3)c2C1. The van der Waals surface area contributed by atoms with E-state index in [9.17, 15) is 4.79 Å². The number of aromatic nitrogens is 2. The van der Waals surface area contributed by atoms with E-state index >= 15 is 0 Å². The maximum absolute atomic E-state index is 12.3. The minimum absolute atomic E-state index is 0.0139. The Kier molecular flexibility index (Phi) is 5.50. The normalized spacial score (nSPS) is 13.8. The number of fused-ring (bicyclic) bond motifs is 1. The first-order chi connectivity index (χ1) is 11.7. The Morgan fingerprint density at radius 3 is 2.88 bits per heavy atom.